The fourth-order valence-corrected chi connectivity index (χ4v) is 2.59. The van der Waals surface area contributed by atoms with E-state index in [0.717, 1.165) is 30.6 Å². The molecular weight excluding hydrogens is 262 g/mol. The first-order valence-electron chi connectivity index (χ1n) is 7.43. The monoisotopic (exact) mass is 287 g/mol. The second-order valence-corrected chi connectivity index (χ2v) is 6.21. The van der Waals surface area contributed by atoms with Gasteiger partial charge >= 0.3 is 0 Å². The molecule has 2 N–H and O–H groups in total. The molecule has 3 heteroatoms. The van der Waals surface area contributed by atoms with Crippen molar-refractivity contribution in [3.8, 4) is 5.75 Å². The zero-order valence-corrected chi connectivity index (χ0v) is 13.1. The van der Waals surface area contributed by atoms with E-state index in [1.165, 1.54) is 10.9 Å². The Labute approximate surface area is 126 Å². The molecule has 0 unspecified atom stereocenters. The highest BCUT2D eigenvalue weighted by Gasteiger charge is 2.16. The van der Waals surface area contributed by atoms with Crippen molar-refractivity contribution >= 4 is 10.8 Å². The normalized spacial score (nSPS) is 11.8. The maximum absolute atomic E-state index is 9.08. The van der Waals surface area contributed by atoms with Crippen molar-refractivity contribution in [3.05, 3.63) is 42.0 Å². The summed E-state index contributed by atoms with van der Waals surface area (Å²) in [5, 5.41) is 15.0. The molecule has 0 radical (unpaired) electrons. The van der Waals surface area contributed by atoms with Gasteiger partial charge < -0.3 is 15.2 Å². The Morgan fingerprint density at radius 1 is 1.10 bits per heavy atom. The standard InChI is InChI=1S/C18H25NO2/c1-18(2,10-11-20)13-19-12-14-8-9-17(21-3)16-7-5-4-6-15(14)16/h4-9,19-20H,10-13H2,1-3H3. The summed E-state index contributed by atoms with van der Waals surface area (Å²) in [5.74, 6) is 0.912. The van der Waals surface area contributed by atoms with Crippen LogP contribution in [-0.4, -0.2) is 25.4 Å². The number of benzene rings is 2. The summed E-state index contributed by atoms with van der Waals surface area (Å²) in [5.41, 5.74) is 1.38. The third-order valence-corrected chi connectivity index (χ3v) is 3.90. The summed E-state index contributed by atoms with van der Waals surface area (Å²) in [7, 11) is 1.71. The Morgan fingerprint density at radius 2 is 1.81 bits per heavy atom. The Hall–Kier alpha value is -1.58. The number of rotatable bonds is 7. The maximum atomic E-state index is 9.08. The van der Waals surface area contributed by atoms with Crippen molar-refractivity contribution in [3.63, 3.8) is 0 Å². The molecule has 0 heterocycles. The highest BCUT2D eigenvalue weighted by Crippen LogP contribution is 2.28. The first kappa shape index (κ1) is 15.8. The van der Waals surface area contributed by atoms with Gasteiger partial charge in [0.15, 0.2) is 0 Å². The van der Waals surface area contributed by atoms with Gasteiger partial charge in [-0.25, -0.2) is 0 Å². The third kappa shape index (κ3) is 3.96. The predicted molar refractivity (Wildman–Crippen MR) is 87.7 cm³/mol. The summed E-state index contributed by atoms with van der Waals surface area (Å²) >= 11 is 0. The van der Waals surface area contributed by atoms with Crippen LogP contribution in [0.4, 0.5) is 0 Å². The molecule has 0 aliphatic carbocycles. The van der Waals surface area contributed by atoms with Gasteiger partial charge in [0, 0.05) is 25.1 Å². The largest absolute Gasteiger partial charge is 0.496 e. The number of aliphatic hydroxyl groups is 1. The van der Waals surface area contributed by atoms with Crippen molar-refractivity contribution in [2.45, 2.75) is 26.8 Å². The molecule has 21 heavy (non-hydrogen) atoms. The molecule has 0 spiro atoms. The zero-order chi connectivity index (χ0) is 15.3. The Morgan fingerprint density at radius 3 is 2.48 bits per heavy atom. The van der Waals surface area contributed by atoms with Gasteiger partial charge in [-0.3, -0.25) is 0 Å². The van der Waals surface area contributed by atoms with E-state index in [1.54, 1.807) is 7.11 Å². The first-order valence-corrected chi connectivity index (χ1v) is 7.43. The van der Waals surface area contributed by atoms with Gasteiger partial charge in [-0.2, -0.15) is 0 Å². The number of ether oxygens (including phenoxy) is 1. The molecule has 0 aliphatic rings. The number of fused-ring (bicyclic) bond motifs is 1. The summed E-state index contributed by atoms with van der Waals surface area (Å²) in [4.78, 5) is 0. The van der Waals surface area contributed by atoms with Crippen LogP contribution in [0, 0.1) is 5.41 Å². The molecule has 0 saturated carbocycles. The number of nitrogens with one attached hydrogen (secondary N) is 1. The minimum atomic E-state index is 0.108. The molecule has 114 valence electrons. The van der Waals surface area contributed by atoms with E-state index < -0.39 is 0 Å². The lowest BCUT2D eigenvalue weighted by molar-refractivity contribution is 0.207. The lowest BCUT2D eigenvalue weighted by Crippen LogP contribution is -2.29. The highest BCUT2D eigenvalue weighted by atomic mass is 16.5. The molecular formula is C18H25NO2. The van der Waals surface area contributed by atoms with Gasteiger partial charge in [0.05, 0.1) is 7.11 Å². The molecule has 0 atom stereocenters. The SMILES string of the molecule is COc1ccc(CNCC(C)(C)CCO)c2ccccc12. The van der Waals surface area contributed by atoms with Crippen molar-refractivity contribution < 1.29 is 9.84 Å². The second-order valence-electron chi connectivity index (χ2n) is 6.21. The van der Waals surface area contributed by atoms with Gasteiger partial charge in [-0.1, -0.05) is 44.2 Å². The van der Waals surface area contributed by atoms with Crippen LogP contribution in [0.25, 0.3) is 10.8 Å². The van der Waals surface area contributed by atoms with E-state index in [0.29, 0.717) is 0 Å². The van der Waals surface area contributed by atoms with Crippen molar-refractivity contribution in [1.29, 1.82) is 0 Å². The Kier molecular flexibility index (Phi) is 5.21. The Balaban J connectivity index is 2.13. The summed E-state index contributed by atoms with van der Waals surface area (Å²) in [6, 6.07) is 12.5. The summed E-state index contributed by atoms with van der Waals surface area (Å²) in [6.07, 6.45) is 0.809. The van der Waals surface area contributed by atoms with E-state index in [9.17, 15) is 0 Å². The van der Waals surface area contributed by atoms with E-state index >= 15 is 0 Å². The third-order valence-electron chi connectivity index (χ3n) is 3.90. The van der Waals surface area contributed by atoms with Crippen LogP contribution in [0.15, 0.2) is 36.4 Å². The summed E-state index contributed by atoms with van der Waals surface area (Å²) in [6.45, 7) is 6.28. The topological polar surface area (TPSA) is 41.5 Å². The fourth-order valence-electron chi connectivity index (χ4n) is 2.59. The minimum absolute atomic E-state index is 0.108. The van der Waals surface area contributed by atoms with Gasteiger partial charge in [0.25, 0.3) is 0 Å². The van der Waals surface area contributed by atoms with Crippen LogP contribution in [-0.2, 0) is 6.54 Å². The van der Waals surface area contributed by atoms with Gasteiger partial charge in [0.2, 0.25) is 0 Å². The molecule has 0 saturated heterocycles. The lowest BCUT2D eigenvalue weighted by Gasteiger charge is -2.24. The van der Waals surface area contributed by atoms with Gasteiger partial charge in [-0.15, -0.1) is 0 Å². The average molecular weight is 287 g/mol. The van der Waals surface area contributed by atoms with Gasteiger partial charge in [0.1, 0.15) is 5.75 Å². The van der Waals surface area contributed by atoms with E-state index in [4.69, 9.17) is 9.84 Å². The molecule has 0 amide bonds. The molecule has 2 rings (SSSR count). The molecule has 0 fully saturated rings. The van der Waals surface area contributed by atoms with Crippen molar-refractivity contribution in [2.24, 2.45) is 5.41 Å². The van der Waals surface area contributed by atoms with Crippen LogP contribution < -0.4 is 10.1 Å². The van der Waals surface area contributed by atoms with E-state index in [-0.39, 0.29) is 12.0 Å². The predicted octanol–water partition coefficient (Wildman–Crippen LogP) is 3.35. The van der Waals surface area contributed by atoms with Crippen molar-refractivity contribution in [1.82, 2.24) is 5.32 Å². The second kappa shape index (κ2) is 6.92. The van der Waals surface area contributed by atoms with Crippen LogP contribution in [0.3, 0.4) is 0 Å². The Bertz CT molecular complexity index is 593. The minimum Gasteiger partial charge on any atom is -0.496 e. The van der Waals surface area contributed by atoms with Crippen LogP contribution in [0.1, 0.15) is 25.8 Å². The van der Waals surface area contributed by atoms with Crippen LogP contribution in [0.5, 0.6) is 5.75 Å². The van der Waals surface area contributed by atoms with Crippen LogP contribution in [0.2, 0.25) is 0 Å². The van der Waals surface area contributed by atoms with Crippen LogP contribution >= 0.6 is 0 Å². The maximum Gasteiger partial charge on any atom is 0.126 e. The summed E-state index contributed by atoms with van der Waals surface area (Å²) < 4.78 is 5.42. The van der Waals surface area contributed by atoms with E-state index in [2.05, 4.69) is 43.4 Å². The number of hydrogen-bond donors (Lipinski definition) is 2. The highest BCUT2D eigenvalue weighted by molar-refractivity contribution is 5.91. The molecule has 0 bridgehead atoms. The quantitative estimate of drug-likeness (QED) is 0.820. The molecule has 3 nitrogen and oxygen atoms in total. The fraction of sp³-hybridized carbons (Fsp3) is 0.444. The molecule has 2 aromatic carbocycles. The first-order chi connectivity index (χ1) is 10.1. The smallest absolute Gasteiger partial charge is 0.126 e. The average Bonchev–Trinajstić information content (AvgIpc) is 2.47. The molecule has 0 aromatic heterocycles. The zero-order valence-electron chi connectivity index (χ0n) is 13.1. The number of aliphatic hydroxyl groups excluding tert-OH is 1. The number of methoxy groups -OCH3 is 1. The molecule has 2 aromatic rings. The molecule has 0 aliphatic heterocycles. The van der Waals surface area contributed by atoms with E-state index in [1.807, 2.05) is 12.1 Å². The lowest BCUT2D eigenvalue weighted by atomic mass is 9.89. The van der Waals surface area contributed by atoms with Crippen molar-refractivity contribution in [2.75, 3.05) is 20.3 Å². The number of hydrogen-bond acceptors (Lipinski definition) is 3. The van der Waals surface area contributed by atoms with Gasteiger partial charge in [-0.05, 0) is 28.9 Å².